The number of allylic oxidation sites excluding steroid dienone is 2. The van der Waals surface area contributed by atoms with E-state index in [1.54, 1.807) is 12.0 Å². The molecule has 4 rings (SSSR count). The van der Waals surface area contributed by atoms with Crippen molar-refractivity contribution in [2.24, 2.45) is 5.41 Å². The molecular weight excluding hydrogens is 366 g/mol. The van der Waals surface area contributed by atoms with Crippen LogP contribution in [0.15, 0.2) is 60.7 Å². The average molecular weight is 391 g/mol. The number of carbonyl (C=O) groups excluding carboxylic acids is 2. The first-order valence-electron chi connectivity index (χ1n) is 9.95. The molecule has 5 nitrogen and oxygen atoms in total. The quantitative estimate of drug-likeness (QED) is 0.772. The van der Waals surface area contributed by atoms with Gasteiger partial charge in [0.05, 0.1) is 7.11 Å². The van der Waals surface area contributed by atoms with Crippen LogP contribution in [0, 0.1) is 5.41 Å². The second-order valence-corrected chi connectivity index (χ2v) is 7.78. The third-order valence-corrected chi connectivity index (χ3v) is 5.89. The van der Waals surface area contributed by atoms with Crippen molar-refractivity contribution in [1.29, 1.82) is 0 Å². The summed E-state index contributed by atoms with van der Waals surface area (Å²) in [6, 6.07) is 17.3. The molecule has 0 unspecified atom stereocenters. The van der Waals surface area contributed by atoms with Crippen LogP contribution >= 0.6 is 0 Å². The predicted molar refractivity (Wildman–Crippen MR) is 110 cm³/mol. The molecule has 0 bridgehead atoms. The lowest BCUT2D eigenvalue weighted by molar-refractivity contribution is -0.114. The number of carbonyl (C=O) groups is 2. The fourth-order valence-electron chi connectivity index (χ4n) is 4.13. The summed E-state index contributed by atoms with van der Waals surface area (Å²) in [6.07, 6.45) is 3.91. The van der Waals surface area contributed by atoms with Crippen LogP contribution in [0.3, 0.4) is 0 Å². The highest BCUT2D eigenvalue weighted by Gasteiger charge is 2.41. The summed E-state index contributed by atoms with van der Waals surface area (Å²) in [5.41, 5.74) is 2.54. The lowest BCUT2D eigenvalue weighted by Crippen LogP contribution is -2.42. The minimum atomic E-state index is -0.285. The molecule has 0 aromatic heterocycles. The zero-order valence-corrected chi connectivity index (χ0v) is 16.6. The van der Waals surface area contributed by atoms with E-state index in [0.717, 1.165) is 35.3 Å². The Hall–Kier alpha value is -3.08. The minimum absolute atomic E-state index is 0.150. The summed E-state index contributed by atoms with van der Waals surface area (Å²) in [4.78, 5) is 26.8. The van der Waals surface area contributed by atoms with Gasteiger partial charge in [-0.05, 0) is 41.5 Å². The highest BCUT2D eigenvalue weighted by atomic mass is 16.6. The molecule has 2 aliphatic rings. The van der Waals surface area contributed by atoms with E-state index < -0.39 is 0 Å². The number of nitrogens with zero attached hydrogens (tertiary/aromatic N) is 1. The Kier molecular flexibility index (Phi) is 5.38. The largest absolute Gasteiger partial charge is 0.497 e. The van der Waals surface area contributed by atoms with E-state index in [1.807, 2.05) is 54.6 Å². The molecule has 1 fully saturated rings. The van der Waals surface area contributed by atoms with Gasteiger partial charge in [0.15, 0.2) is 5.78 Å². The summed E-state index contributed by atoms with van der Waals surface area (Å²) in [5, 5.41) is 0. The van der Waals surface area contributed by atoms with Crippen LogP contribution in [0.25, 0.3) is 5.57 Å². The lowest BCUT2D eigenvalue weighted by Gasteiger charge is -2.37. The molecule has 1 saturated heterocycles. The van der Waals surface area contributed by atoms with E-state index in [0.29, 0.717) is 19.5 Å². The number of ether oxygens (including phenoxy) is 2. The van der Waals surface area contributed by atoms with Gasteiger partial charge >= 0.3 is 6.09 Å². The first kappa shape index (κ1) is 19.2. The number of Topliss-reactive ketones (excluding diaryl/α,β-unsaturated/α-hetero) is 1. The van der Waals surface area contributed by atoms with Crippen molar-refractivity contribution < 1.29 is 19.1 Å². The van der Waals surface area contributed by atoms with E-state index in [4.69, 9.17) is 9.47 Å². The van der Waals surface area contributed by atoms with Gasteiger partial charge in [0, 0.05) is 25.1 Å². The summed E-state index contributed by atoms with van der Waals surface area (Å²) in [6.45, 7) is 1.49. The van der Waals surface area contributed by atoms with E-state index in [1.165, 1.54) is 0 Å². The van der Waals surface area contributed by atoms with Crippen LogP contribution in [0.1, 0.15) is 30.4 Å². The zero-order chi connectivity index (χ0) is 20.3. The molecule has 0 radical (unpaired) electrons. The van der Waals surface area contributed by atoms with Crippen LogP contribution in [-0.2, 0) is 16.1 Å². The Bertz CT molecular complexity index is 910. The van der Waals surface area contributed by atoms with Crippen LogP contribution in [0.2, 0.25) is 0 Å². The summed E-state index contributed by atoms with van der Waals surface area (Å²) < 4.78 is 10.6. The molecular formula is C24H25NO4. The van der Waals surface area contributed by atoms with E-state index in [-0.39, 0.29) is 23.9 Å². The van der Waals surface area contributed by atoms with Gasteiger partial charge < -0.3 is 14.4 Å². The number of amides is 1. The van der Waals surface area contributed by atoms with E-state index in [9.17, 15) is 9.59 Å². The first-order chi connectivity index (χ1) is 14.1. The number of piperidine rings is 1. The fourth-order valence-corrected chi connectivity index (χ4v) is 4.13. The number of benzene rings is 2. The van der Waals surface area contributed by atoms with Gasteiger partial charge in [0.25, 0.3) is 0 Å². The van der Waals surface area contributed by atoms with Crippen molar-refractivity contribution in [3.05, 3.63) is 71.8 Å². The maximum absolute atomic E-state index is 12.7. The molecule has 5 heteroatoms. The molecule has 0 atom stereocenters. The molecule has 1 amide bonds. The van der Waals surface area contributed by atoms with Crippen molar-refractivity contribution in [3.8, 4) is 5.75 Å². The van der Waals surface area contributed by atoms with Gasteiger partial charge in [-0.25, -0.2) is 4.79 Å². The SMILES string of the molecule is COc1ccc(C2=CC3(CCN(C(=O)OCc4ccccc4)CC3)CC2=O)cc1. The van der Waals surface area contributed by atoms with Gasteiger partial charge in [-0.15, -0.1) is 0 Å². The second-order valence-electron chi connectivity index (χ2n) is 7.78. The zero-order valence-electron chi connectivity index (χ0n) is 16.6. The first-order valence-corrected chi connectivity index (χ1v) is 9.95. The van der Waals surface area contributed by atoms with Crippen LogP contribution in [0.4, 0.5) is 4.79 Å². The van der Waals surface area contributed by atoms with Crippen LogP contribution in [-0.4, -0.2) is 37.0 Å². The van der Waals surface area contributed by atoms with Crippen molar-refractivity contribution in [2.45, 2.75) is 25.9 Å². The van der Waals surface area contributed by atoms with Gasteiger partial charge in [-0.1, -0.05) is 48.5 Å². The molecule has 1 aliphatic heterocycles. The van der Waals surface area contributed by atoms with Crippen molar-refractivity contribution in [3.63, 3.8) is 0 Å². The van der Waals surface area contributed by atoms with Crippen LogP contribution in [0.5, 0.6) is 5.75 Å². The molecule has 0 N–H and O–H groups in total. The number of hydrogen-bond donors (Lipinski definition) is 0. The van der Waals surface area contributed by atoms with Crippen LogP contribution < -0.4 is 4.74 Å². The maximum atomic E-state index is 12.7. The lowest BCUT2D eigenvalue weighted by atomic mass is 9.78. The summed E-state index contributed by atoms with van der Waals surface area (Å²) in [5.74, 6) is 0.951. The molecule has 0 saturated carbocycles. The van der Waals surface area contributed by atoms with Gasteiger partial charge in [-0.2, -0.15) is 0 Å². The number of ketones is 1. The molecule has 150 valence electrons. The molecule has 2 aromatic carbocycles. The second kappa shape index (κ2) is 8.11. The van der Waals surface area contributed by atoms with Crippen molar-refractivity contribution in [1.82, 2.24) is 4.90 Å². The van der Waals surface area contributed by atoms with Crippen molar-refractivity contribution >= 4 is 17.4 Å². The van der Waals surface area contributed by atoms with Gasteiger partial charge in [0.1, 0.15) is 12.4 Å². The number of methoxy groups -OCH3 is 1. The molecule has 29 heavy (non-hydrogen) atoms. The highest BCUT2D eigenvalue weighted by molar-refractivity contribution is 6.23. The smallest absolute Gasteiger partial charge is 0.410 e. The third-order valence-electron chi connectivity index (χ3n) is 5.89. The minimum Gasteiger partial charge on any atom is -0.497 e. The number of rotatable bonds is 4. The summed E-state index contributed by atoms with van der Waals surface area (Å²) in [7, 11) is 1.63. The standard InChI is InChI=1S/C24H25NO4/c1-28-20-9-7-19(8-10-20)21-15-24(16-22(21)26)11-13-25(14-12-24)23(27)29-17-18-5-3-2-4-6-18/h2-10,15H,11-14,16-17H2,1H3. The van der Waals surface area contributed by atoms with Gasteiger partial charge in [0.2, 0.25) is 0 Å². The number of likely N-dealkylation sites (tertiary alicyclic amines) is 1. The average Bonchev–Trinajstić information content (AvgIpc) is 3.09. The topological polar surface area (TPSA) is 55.8 Å². The normalized spacial score (nSPS) is 17.9. The number of hydrogen-bond acceptors (Lipinski definition) is 4. The van der Waals surface area contributed by atoms with E-state index in [2.05, 4.69) is 6.08 Å². The Balaban J connectivity index is 1.37. The Morgan fingerprint density at radius 2 is 1.72 bits per heavy atom. The van der Waals surface area contributed by atoms with Crippen molar-refractivity contribution in [2.75, 3.05) is 20.2 Å². The maximum Gasteiger partial charge on any atom is 0.410 e. The van der Waals surface area contributed by atoms with Gasteiger partial charge in [-0.3, -0.25) is 4.79 Å². The van der Waals surface area contributed by atoms with E-state index >= 15 is 0 Å². The predicted octanol–water partition coefficient (Wildman–Crippen LogP) is 4.47. The highest BCUT2D eigenvalue weighted by Crippen LogP contribution is 2.45. The Morgan fingerprint density at radius 1 is 1.03 bits per heavy atom. The summed E-state index contributed by atoms with van der Waals surface area (Å²) >= 11 is 0. The molecule has 2 aromatic rings. The third kappa shape index (κ3) is 4.19. The molecule has 1 aliphatic carbocycles. The Morgan fingerprint density at radius 3 is 2.38 bits per heavy atom. The molecule has 1 heterocycles. The molecule has 1 spiro atoms. The monoisotopic (exact) mass is 391 g/mol. The fraction of sp³-hybridized carbons (Fsp3) is 0.333. The Labute approximate surface area is 170 Å².